The van der Waals surface area contributed by atoms with E-state index in [4.69, 9.17) is 0 Å². The Hall–Kier alpha value is -1.05. The van der Waals surface area contributed by atoms with Crippen LogP contribution in [0.4, 0.5) is 0 Å². The predicted octanol–water partition coefficient (Wildman–Crippen LogP) is 0.866. The highest BCUT2D eigenvalue weighted by Crippen LogP contribution is 1.92. The Kier molecular flexibility index (Phi) is 1.39. The molecule has 0 aromatic carbocycles. The fraction of sp³-hybridized carbons (Fsp3) is 0.143. The highest BCUT2D eigenvalue weighted by molar-refractivity contribution is 5.18. The Labute approximate surface area is 53.5 Å². The second-order valence-electron chi connectivity index (χ2n) is 2.03. The third kappa shape index (κ3) is 1.19. The summed E-state index contributed by atoms with van der Waals surface area (Å²) in [5.74, 6) is 0. The zero-order valence-corrected chi connectivity index (χ0v) is 5.27. The van der Waals surface area contributed by atoms with Crippen molar-refractivity contribution in [3.05, 3.63) is 40.7 Å². The van der Waals surface area contributed by atoms with Crippen molar-refractivity contribution >= 4 is 0 Å². The first-order valence-electron chi connectivity index (χ1n) is 2.71. The minimum Gasteiger partial charge on any atom is -0.329 e. The Morgan fingerprint density at radius 1 is 1.67 bits per heavy atom. The van der Waals surface area contributed by atoms with Crippen LogP contribution >= 0.6 is 0 Å². The van der Waals surface area contributed by atoms with Crippen LogP contribution in [0.2, 0.25) is 0 Å². The van der Waals surface area contributed by atoms with Gasteiger partial charge in [-0.05, 0) is 25.5 Å². The molecule has 0 spiro atoms. The molecular weight excluding hydrogens is 114 g/mol. The molecule has 9 heavy (non-hydrogen) atoms. The van der Waals surface area contributed by atoms with E-state index in [9.17, 15) is 4.79 Å². The smallest absolute Gasteiger partial charge is 0.251 e. The maximum Gasteiger partial charge on any atom is 0.251 e. The van der Waals surface area contributed by atoms with Crippen LogP contribution in [0.5, 0.6) is 0 Å². The van der Waals surface area contributed by atoms with Crippen LogP contribution in [0.3, 0.4) is 0 Å². The molecule has 47 valence electrons. The van der Waals surface area contributed by atoms with Gasteiger partial charge in [-0.2, -0.15) is 0 Å². The average Bonchev–Trinajstić information content (AvgIpc) is 1.80. The second-order valence-corrected chi connectivity index (χ2v) is 2.03. The molecule has 1 radical (unpaired) electrons. The zero-order valence-electron chi connectivity index (χ0n) is 5.27. The van der Waals surface area contributed by atoms with Crippen molar-refractivity contribution < 1.29 is 0 Å². The number of aryl methyl sites for hydroxylation is 1. The molecule has 1 aromatic rings. The lowest BCUT2D eigenvalue weighted by atomic mass is 10.2. The SMILES string of the molecule is [CH2]c1cc(C)c[nH]c1=O. The molecule has 0 aliphatic rings. The second kappa shape index (κ2) is 2.05. The molecule has 2 nitrogen and oxygen atoms in total. The normalized spacial score (nSPS) is 9.56. The lowest BCUT2D eigenvalue weighted by Gasteiger charge is -1.90. The van der Waals surface area contributed by atoms with E-state index < -0.39 is 0 Å². The van der Waals surface area contributed by atoms with E-state index in [1.54, 1.807) is 12.3 Å². The van der Waals surface area contributed by atoms with Crippen LogP contribution in [0.25, 0.3) is 0 Å². The van der Waals surface area contributed by atoms with Crippen LogP contribution in [0.15, 0.2) is 17.1 Å². The Bertz CT molecular complexity index is 262. The van der Waals surface area contributed by atoms with Gasteiger partial charge in [0.05, 0.1) is 0 Å². The number of H-pyrrole nitrogens is 1. The molecular formula is C7H8NO. The summed E-state index contributed by atoms with van der Waals surface area (Å²) < 4.78 is 0. The van der Waals surface area contributed by atoms with E-state index in [1.165, 1.54) is 0 Å². The van der Waals surface area contributed by atoms with Crippen LogP contribution in [-0.2, 0) is 0 Å². The fourth-order valence-electron chi connectivity index (χ4n) is 0.654. The molecule has 0 saturated carbocycles. The molecule has 0 bridgehead atoms. The highest BCUT2D eigenvalue weighted by Gasteiger charge is 1.89. The molecule has 1 N–H and O–H groups in total. The van der Waals surface area contributed by atoms with Gasteiger partial charge in [-0.1, -0.05) is 0 Å². The third-order valence-electron chi connectivity index (χ3n) is 1.12. The van der Waals surface area contributed by atoms with E-state index in [0.29, 0.717) is 5.56 Å². The summed E-state index contributed by atoms with van der Waals surface area (Å²) in [5, 5.41) is 0. The van der Waals surface area contributed by atoms with Gasteiger partial charge in [0, 0.05) is 11.8 Å². The molecule has 1 heterocycles. The summed E-state index contributed by atoms with van der Waals surface area (Å²) in [5.41, 5.74) is 1.44. The molecule has 2 heteroatoms. The Morgan fingerprint density at radius 3 is 2.78 bits per heavy atom. The minimum atomic E-state index is -0.111. The van der Waals surface area contributed by atoms with Crippen molar-refractivity contribution in [1.29, 1.82) is 0 Å². The summed E-state index contributed by atoms with van der Waals surface area (Å²) in [7, 11) is 0. The van der Waals surface area contributed by atoms with Gasteiger partial charge in [-0.15, -0.1) is 0 Å². The van der Waals surface area contributed by atoms with E-state index in [-0.39, 0.29) is 5.56 Å². The topological polar surface area (TPSA) is 32.9 Å². The molecule has 0 saturated heterocycles. The molecule has 0 atom stereocenters. The van der Waals surface area contributed by atoms with Crippen molar-refractivity contribution in [2.45, 2.75) is 6.92 Å². The molecule has 0 amide bonds. The quantitative estimate of drug-likeness (QED) is 0.544. The minimum absolute atomic E-state index is 0.111. The number of rotatable bonds is 0. The van der Waals surface area contributed by atoms with Gasteiger partial charge in [0.15, 0.2) is 0 Å². The van der Waals surface area contributed by atoms with Gasteiger partial charge >= 0.3 is 0 Å². The van der Waals surface area contributed by atoms with Gasteiger partial charge in [-0.25, -0.2) is 0 Å². The number of pyridine rings is 1. The maximum atomic E-state index is 10.7. The molecule has 1 rings (SSSR count). The first-order valence-corrected chi connectivity index (χ1v) is 2.71. The van der Waals surface area contributed by atoms with Crippen molar-refractivity contribution in [3.8, 4) is 0 Å². The maximum absolute atomic E-state index is 10.7. The summed E-state index contributed by atoms with van der Waals surface area (Å²) in [6.07, 6.45) is 1.66. The van der Waals surface area contributed by atoms with Gasteiger partial charge < -0.3 is 4.98 Å². The first-order chi connectivity index (χ1) is 4.20. The number of hydrogen-bond acceptors (Lipinski definition) is 1. The number of nitrogens with one attached hydrogen (secondary N) is 1. The fourth-order valence-corrected chi connectivity index (χ4v) is 0.654. The van der Waals surface area contributed by atoms with Crippen molar-refractivity contribution in [1.82, 2.24) is 4.98 Å². The molecule has 0 fully saturated rings. The van der Waals surface area contributed by atoms with E-state index in [0.717, 1.165) is 5.56 Å². The van der Waals surface area contributed by atoms with Crippen molar-refractivity contribution in [3.63, 3.8) is 0 Å². The largest absolute Gasteiger partial charge is 0.329 e. The van der Waals surface area contributed by atoms with Gasteiger partial charge in [0.1, 0.15) is 0 Å². The van der Waals surface area contributed by atoms with Crippen molar-refractivity contribution in [2.24, 2.45) is 0 Å². The number of aromatic amines is 1. The monoisotopic (exact) mass is 122 g/mol. The highest BCUT2D eigenvalue weighted by atomic mass is 16.1. The first kappa shape index (κ1) is 6.08. The summed E-state index contributed by atoms with van der Waals surface area (Å²) in [4.78, 5) is 13.2. The zero-order chi connectivity index (χ0) is 6.85. The summed E-state index contributed by atoms with van der Waals surface area (Å²) in [6, 6.07) is 1.75. The van der Waals surface area contributed by atoms with Gasteiger partial charge in [0.25, 0.3) is 5.56 Å². The average molecular weight is 122 g/mol. The van der Waals surface area contributed by atoms with E-state index in [1.807, 2.05) is 6.92 Å². The standard InChI is InChI=1S/C7H8NO/c1-5-3-6(2)7(9)8-4-5/h3-4H,2H2,1H3,(H,8,9). The van der Waals surface area contributed by atoms with Gasteiger partial charge in [-0.3, -0.25) is 4.79 Å². The van der Waals surface area contributed by atoms with Crippen LogP contribution in [0, 0.1) is 13.8 Å². The molecule has 0 aliphatic carbocycles. The lowest BCUT2D eigenvalue weighted by Crippen LogP contribution is -2.07. The van der Waals surface area contributed by atoms with Gasteiger partial charge in [0.2, 0.25) is 0 Å². The summed E-state index contributed by atoms with van der Waals surface area (Å²) in [6.45, 7) is 5.44. The molecule has 0 aliphatic heterocycles. The Balaban J connectivity index is 3.34. The lowest BCUT2D eigenvalue weighted by molar-refractivity contribution is 1.18. The van der Waals surface area contributed by atoms with Crippen LogP contribution in [-0.4, -0.2) is 4.98 Å². The van der Waals surface area contributed by atoms with E-state index in [2.05, 4.69) is 11.9 Å². The third-order valence-corrected chi connectivity index (χ3v) is 1.12. The summed E-state index contributed by atoms with van der Waals surface area (Å²) >= 11 is 0. The van der Waals surface area contributed by atoms with Crippen molar-refractivity contribution in [2.75, 3.05) is 0 Å². The Morgan fingerprint density at radius 2 is 2.33 bits per heavy atom. The molecule has 0 unspecified atom stereocenters. The predicted molar refractivity (Wildman–Crippen MR) is 36.3 cm³/mol. The molecule has 1 aromatic heterocycles. The van der Waals surface area contributed by atoms with Crippen LogP contribution < -0.4 is 5.56 Å². The van der Waals surface area contributed by atoms with E-state index >= 15 is 0 Å². The number of aromatic nitrogens is 1. The number of hydrogen-bond donors (Lipinski definition) is 1. The van der Waals surface area contributed by atoms with Crippen LogP contribution in [0.1, 0.15) is 11.1 Å².